The zero-order valence-corrected chi connectivity index (χ0v) is 11.7. The van der Waals surface area contributed by atoms with Crippen LogP contribution in [0.2, 0.25) is 5.02 Å². The summed E-state index contributed by atoms with van der Waals surface area (Å²) in [6.07, 6.45) is -0.592. The topological polar surface area (TPSA) is 76.1 Å². The van der Waals surface area contributed by atoms with Crippen molar-refractivity contribution in [3.63, 3.8) is 0 Å². The molecule has 0 fully saturated rings. The van der Waals surface area contributed by atoms with Gasteiger partial charge < -0.3 is 10.1 Å². The number of carbonyl (C=O) groups is 1. The van der Waals surface area contributed by atoms with Crippen LogP contribution < -0.4 is 10.6 Å². The Balaban J connectivity index is 2.06. The Kier molecular flexibility index (Phi) is 4.37. The molecule has 6 nitrogen and oxygen atoms in total. The van der Waals surface area contributed by atoms with E-state index in [1.54, 1.807) is 18.2 Å². The van der Waals surface area contributed by atoms with Crippen LogP contribution in [-0.4, -0.2) is 23.4 Å². The molecule has 2 N–H and O–H groups in total. The van der Waals surface area contributed by atoms with Gasteiger partial charge in [0, 0.05) is 10.7 Å². The summed E-state index contributed by atoms with van der Waals surface area (Å²) in [5.74, 6) is 0.852. The van der Waals surface area contributed by atoms with E-state index in [0.29, 0.717) is 16.7 Å². The molecule has 1 aromatic heterocycles. The molecule has 0 aliphatic carbocycles. The van der Waals surface area contributed by atoms with E-state index < -0.39 is 6.09 Å². The molecule has 0 spiro atoms. The number of hydrogen-bond donors (Lipinski definition) is 2. The standard InChI is InChI=1S/C13H13ClN4O2/c1-8-3-4-9(7-10(8)14)15-11-5-6-12(18-17-11)16-13(19)20-2/h3-7H,1-2H3,(H,15,17)(H,16,18,19). The summed E-state index contributed by atoms with van der Waals surface area (Å²) in [6.45, 7) is 1.93. The number of hydrogen-bond acceptors (Lipinski definition) is 5. The highest BCUT2D eigenvalue weighted by Gasteiger charge is 2.04. The first-order valence-electron chi connectivity index (χ1n) is 5.80. The average Bonchev–Trinajstić information content (AvgIpc) is 2.45. The van der Waals surface area contributed by atoms with Crippen LogP contribution in [0.25, 0.3) is 0 Å². The second-order valence-electron chi connectivity index (χ2n) is 4.01. The third-order valence-corrected chi connectivity index (χ3v) is 2.93. The number of aryl methyl sites for hydroxylation is 1. The predicted octanol–water partition coefficient (Wildman–Crippen LogP) is 3.36. The van der Waals surface area contributed by atoms with E-state index in [4.69, 9.17) is 11.6 Å². The fraction of sp³-hybridized carbons (Fsp3) is 0.154. The van der Waals surface area contributed by atoms with Gasteiger partial charge in [-0.3, -0.25) is 5.32 Å². The van der Waals surface area contributed by atoms with Crippen LogP contribution in [0, 0.1) is 6.92 Å². The number of halogens is 1. The summed E-state index contributed by atoms with van der Waals surface area (Å²) in [7, 11) is 1.28. The maximum atomic E-state index is 11.0. The maximum Gasteiger partial charge on any atom is 0.412 e. The zero-order chi connectivity index (χ0) is 14.5. The van der Waals surface area contributed by atoms with Gasteiger partial charge in [-0.25, -0.2) is 4.79 Å². The second kappa shape index (κ2) is 6.21. The molecule has 0 bridgehead atoms. The van der Waals surface area contributed by atoms with Crippen molar-refractivity contribution in [3.8, 4) is 0 Å². The third kappa shape index (κ3) is 3.58. The summed E-state index contributed by atoms with van der Waals surface area (Å²) < 4.78 is 4.46. The van der Waals surface area contributed by atoms with Crippen molar-refractivity contribution >= 4 is 35.0 Å². The molecule has 0 saturated carbocycles. The monoisotopic (exact) mass is 292 g/mol. The van der Waals surface area contributed by atoms with Crippen LogP contribution in [0.5, 0.6) is 0 Å². The molecular formula is C13H13ClN4O2. The summed E-state index contributed by atoms with van der Waals surface area (Å²) in [6, 6.07) is 8.90. The summed E-state index contributed by atoms with van der Waals surface area (Å²) >= 11 is 6.04. The number of nitrogens with zero attached hydrogens (tertiary/aromatic N) is 2. The number of nitrogens with one attached hydrogen (secondary N) is 2. The van der Waals surface area contributed by atoms with Crippen molar-refractivity contribution in [2.75, 3.05) is 17.7 Å². The molecule has 7 heteroatoms. The molecular weight excluding hydrogens is 280 g/mol. The zero-order valence-electron chi connectivity index (χ0n) is 11.0. The van der Waals surface area contributed by atoms with Crippen molar-refractivity contribution in [1.29, 1.82) is 0 Å². The van der Waals surface area contributed by atoms with Gasteiger partial charge in [-0.15, -0.1) is 10.2 Å². The molecule has 1 aromatic carbocycles. The molecule has 0 radical (unpaired) electrons. The Morgan fingerprint density at radius 3 is 2.50 bits per heavy atom. The lowest BCUT2D eigenvalue weighted by atomic mass is 10.2. The minimum Gasteiger partial charge on any atom is -0.453 e. The van der Waals surface area contributed by atoms with Gasteiger partial charge in [0.2, 0.25) is 0 Å². The quantitative estimate of drug-likeness (QED) is 0.907. The van der Waals surface area contributed by atoms with Crippen LogP contribution in [0.15, 0.2) is 30.3 Å². The third-order valence-electron chi connectivity index (χ3n) is 2.52. The first kappa shape index (κ1) is 14.1. The molecule has 0 aliphatic heterocycles. The molecule has 2 rings (SSSR count). The Bertz CT molecular complexity index is 616. The molecule has 0 saturated heterocycles. The van der Waals surface area contributed by atoms with Gasteiger partial charge in [0.25, 0.3) is 0 Å². The average molecular weight is 293 g/mol. The van der Waals surface area contributed by atoms with Gasteiger partial charge in [0.05, 0.1) is 7.11 Å². The van der Waals surface area contributed by atoms with Crippen LogP contribution in [0.3, 0.4) is 0 Å². The first-order valence-corrected chi connectivity index (χ1v) is 6.18. The summed E-state index contributed by atoms with van der Waals surface area (Å²) in [5, 5.41) is 13.9. The number of methoxy groups -OCH3 is 1. The number of ether oxygens (including phenoxy) is 1. The minimum atomic E-state index is -0.592. The van der Waals surface area contributed by atoms with Gasteiger partial charge in [0.1, 0.15) is 0 Å². The van der Waals surface area contributed by atoms with Crippen LogP contribution in [0.1, 0.15) is 5.56 Å². The lowest BCUT2D eigenvalue weighted by Gasteiger charge is -2.07. The second-order valence-corrected chi connectivity index (χ2v) is 4.42. The van der Waals surface area contributed by atoms with E-state index in [1.165, 1.54) is 7.11 Å². The van der Waals surface area contributed by atoms with E-state index in [-0.39, 0.29) is 0 Å². The van der Waals surface area contributed by atoms with Gasteiger partial charge in [-0.2, -0.15) is 0 Å². The molecule has 1 heterocycles. The van der Waals surface area contributed by atoms with Crippen molar-refractivity contribution in [2.24, 2.45) is 0 Å². The molecule has 20 heavy (non-hydrogen) atoms. The van der Waals surface area contributed by atoms with Gasteiger partial charge in [-0.05, 0) is 36.8 Å². The predicted molar refractivity (Wildman–Crippen MR) is 77.5 cm³/mol. The van der Waals surface area contributed by atoms with Gasteiger partial charge in [-0.1, -0.05) is 17.7 Å². The molecule has 1 amide bonds. The SMILES string of the molecule is COC(=O)Nc1ccc(Nc2ccc(C)c(Cl)c2)nn1. The van der Waals surface area contributed by atoms with Crippen LogP contribution >= 0.6 is 11.6 Å². The molecule has 0 unspecified atom stereocenters. The van der Waals surface area contributed by atoms with Crippen molar-refractivity contribution in [3.05, 3.63) is 40.9 Å². The Morgan fingerprint density at radius 2 is 1.90 bits per heavy atom. The lowest BCUT2D eigenvalue weighted by Crippen LogP contribution is -2.12. The summed E-state index contributed by atoms with van der Waals surface area (Å²) in [4.78, 5) is 11.0. The lowest BCUT2D eigenvalue weighted by molar-refractivity contribution is 0.187. The summed E-state index contributed by atoms with van der Waals surface area (Å²) in [5.41, 5.74) is 1.81. The highest BCUT2D eigenvalue weighted by atomic mass is 35.5. The fourth-order valence-corrected chi connectivity index (χ4v) is 1.62. The number of benzene rings is 1. The maximum absolute atomic E-state index is 11.0. The Morgan fingerprint density at radius 1 is 1.20 bits per heavy atom. The van der Waals surface area contributed by atoms with E-state index in [9.17, 15) is 4.79 Å². The number of aromatic nitrogens is 2. The molecule has 0 atom stereocenters. The number of carbonyl (C=O) groups excluding carboxylic acids is 1. The van der Waals surface area contributed by atoms with E-state index in [2.05, 4.69) is 25.6 Å². The largest absolute Gasteiger partial charge is 0.453 e. The highest BCUT2D eigenvalue weighted by Crippen LogP contribution is 2.22. The number of amides is 1. The highest BCUT2D eigenvalue weighted by molar-refractivity contribution is 6.31. The van der Waals surface area contributed by atoms with Gasteiger partial charge >= 0.3 is 6.09 Å². The number of anilines is 3. The molecule has 2 aromatic rings. The normalized spacial score (nSPS) is 9.95. The van der Waals surface area contributed by atoms with Crippen molar-refractivity contribution in [2.45, 2.75) is 6.92 Å². The van der Waals surface area contributed by atoms with Gasteiger partial charge in [0.15, 0.2) is 11.6 Å². The smallest absolute Gasteiger partial charge is 0.412 e. The van der Waals surface area contributed by atoms with Crippen LogP contribution in [0.4, 0.5) is 22.1 Å². The molecule has 0 aliphatic rings. The number of rotatable bonds is 3. The first-order chi connectivity index (χ1) is 9.58. The van der Waals surface area contributed by atoms with E-state index in [0.717, 1.165) is 11.3 Å². The van der Waals surface area contributed by atoms with Crippen LogP contribution in [-0.2, 0) is 4.74 Å². The van der Waals surface area contributed by atoms with Crippen molar-refractivity contribution < 1.29 is 9.53 Å². The fourth-order valence-electron chi connectivity index (χ4n) is 1.44. The van der Waals surface area contributed by atoms with Crippen molar-refractivity contribution in [1.82, 2.24) is 10.2 Å². The van der Waals surface area contributed by atoms with E-state index in [1.807, 2.05) is 19.1 Å². The molecule has 104 valence electrons. The Labute approximate surface area is 121 Å². The minimum absolute atomic E-state index is 0.310. The Hall–Kier alpha value is -2.34. The van der Waals surface area contributed by atoms with E-state index >= 15 is 0 Å².